The molecule has 0 spiro atoms. The summed E-state index contributed by atoms with van der Waals surface area (Å²) in [6.45, 7) is -2.21. The number of nitriles is 1. The Kier molecular flexibility index (Phi) is 4.60. The summed E-state index contributed by atoms with van der Waals surface area (Å²) < 4.78 is 35.5. The van der Waals surface area contributed by atoms with Gasteiger partial charge in [0, 0.05) is 24.2 Å². The van der Waals surface area contributed by atoms with Crippen molar-refractivity contribution >= 4 is 16.6 Å². The highest BCUT2D eigenvalue weighted by atomic mass is 19.3. The van der Waals surface area contributed by atoms with Crippen LogP contribution in [0.2, 0.25) is 0 Å². The van der Waals surface area contributed by atoms with Crippen LogP contribution in [0.15, 0.2) is 24.4 Å². The summed E-state index contributed by atoms with van der Waals surface area (Å²) in [6, 6.07) is 6.90. The highest BCUT2D eigenvalue weighted by molar-refractivity contribution is 5.95. The number of nitrogens with zero attached hydrogens (tertiary/aromatic N) is 2. The van der Waals surface area contributed by atoms with E-state index in [0.29, 0.717) is 34.7 Å². The second kappa shape index (κ2) is 7.04. The molecule has 136 valence electrons. The Morgan fingerprint density at radius 1 is 1.31 bits per heavy atom. The molecule has 1 saturated carbocycles. The Balaban J connectivity index is 1.66. The summed E-state index contributed by atoms with van der Waals surface area (Å²) in [6.07, 6.45) is 5.92. The molecule has 2 heterocycles. The third-order valence-electron chi connectivity index (χ3n) is 5.00. The van der Waals surface area contributed by atoms with Gasteiger partial charge < -0.3 is 14.8 Å². The zero-order valence-electron chi connectivity index (χ0n) is 14.1. The number of halogens is 2. The Hall–Kier alpha value is -2.46. The van der Waals surface area contributed by atoms with Crippen LogP contribution < -0.4 is 10.1 Å². The minimum absolute atomic E-state index is 0.0512. The average molecular weight is 359 g/mol. The molecule has 1 saturated heterocycles. The molecule has 2 fully saturated rings. The van der Waals surface area contributed by atoms with Crippen molar-refractivity contribution in [3.8, 4) is 11.8 Å². The number of hydrogen-bond acceptors (Lipinski definition) is 5. The maximum atomic E-state index is 12.5. The number of benzene rings is 1. The predicted octanol–water partition coefficient (Wildman–Crippen LogP) is 4.08. The third kappa shape index (κ3) is 3.56. The fraction of sp³-hybridized carbons (Fsp3) is 0.474. The zero-order chi connectivity index (χ0) is 18.1. The normalized spacial score (nSPS) is 23.0. The molecule has 4 rings (SSSR count). The number of hydrogen-bond donors (Lipinski definition) is 1. The van der Waals surface area contributed by atoms with E-state index in [1.54, 1.807) is 6.07 Å². The van der Waals surface area contributed by atoms with Crippen molar-refractivity contribution < 1.29 is 18.3 Å². The van der Waals surface area contributed by atoms with E-state index in [4.69, 9.17) is 4.74 Å². The molecule has 26 heavy (non-hydrogen) atoms. The lowest BCUT2D eigenvalue weighted by atomic mass is 9.99. The van der Waals surface area contributed by atoms with Crippen LogP contribution in [0.4, 0.5) is 14.5 Å². The summed E-state index contributed by atoms with van der Waals surface area (Å²) in [5.41, 5.74) is 1.64. The van der Waals surface area contributed by atoms with Gasteiger partial charge in [-0.3, -0.25) is 4.98 Å². The zero-order valence-corrected chi connectivity index (χ0v) is 14.1. The van der Waals surface area contributed by atoms with E-state index in [-0.39, 0.29) is 17.9 Å². The van der Waals surface area contributed by atoms with Crippen molar-refractivity contribution in [3.63, 3.8) is 0 Å². The summed E-state index contributed by atoms with van der Waals surface area (Å²) in [5.74, 6) is 0.700. The number of anilines is 1. The van der Waals surface area contributed by atoms with Gasteiger partial charge >= 0.3 is 6.61 Å². The Bertz CT molecular complexity index is 849. The van der Waals surface area contributed by atoms with Gasteiger partial charge in [-0.1, -0.05) is 0 Å². The molecule has 1 N–H and O–H groups in total. The van der Waals surface area contributed by atoms with Gasteiger partial charge in [-0.05, 0) is 49.8 Å². The molecule has 1 aliphatic carbocycles. The van der Waals surface area contributed by atoms with Crippen LogP contribution in [-0.2, 0) is 4.74 Å². The first-order valence-corrected chi connectivity index (χ1v) is 8.80. The minimum Gasteiger partial charge on any atom is -0.435 e. The summed E-state index contributed by atoms with van der Waals surface area (Å²) >= 11 is 0. The predicted molar refractivity (Wildman–Crippen MR) is 92.2 cm³/mol. The van der Waals surface area contributed by atoms with Crippen molar-refractivity contribution in [1.82, 2.24) is 4.98 Å². The van der Waals surface area contributed by atoms with Crippen LogP contribution in [0.3, 0.4) is 0 Å². The molecule has 2 aromatic rings. The molecular formula is C19H19F2N3O2. The van der Waals surface area contributed by atoms with Gasteiger partial charge in [0.1, 0.15) is 11.8 Å². The molecule has 1 aromatic heterocycles. The van der Waals surface area contributed by atoms with E-state index >= 15 is 0 Å². The Labute approximate surface area is 149 Å². The van der Waals surface area contributed by atoms with Gasteiger partial charge in [-0.15, -0.1) is 0 Å². The first kappa shape index (κ1) is 17.0. The van der Waals surface area contributed by atoms with E-state index in [9.17, 15) is 14.0 Å². The number of alkyl halides is 2. The fourth-order valence-corrected chi connectivity index (χ4v) is 3.55. The fourth-order valence-electron chi connectivity index (χ4n) is 3.55. The highest BCUT2D eigenvalue weighted by Crippen LogP contribution is 2.39. The SMILES string of the molecule is N#Cc1cnc2ccc(OC(F)F)cc2c1NC1CCOC(C2CC2)C1. The molecule has 1 aromatic carbocycles. The second-order valence-electron chi connectivity index (χ2n) is 6.83. The van der Waals surface area contributed by atoms with Gasteiger partial charge in [0.05, 0.1) is 22.9 Å². The Morgan fingerprint density at radius 3 is 2.88 bits per heavy atom. The second-order valence-corrected chi connectivity index (χ2v) is 6.83. The summed E-state index contributed by atoms with van der Waals surface area (Å²) in [5, 5.41) is 13.5. The van der Waals surface area contributed by atoms with Crippen molar-refractivity contribution in [2.45, 2.75) is 44.4 Å². The first-order valence-electron chi connectivity index (χ1n) is 8.80. The number of fused-ring (bicyclic) bond motifs is 1. The maximum Gasteiger partial charge on any atom is 0.387 e. The summed E-state index contributed by atoms with van der Waals surface area (Å²) in [4.78, 5) is 4.25. The third-order valence-corrected chi connectivity index (χ3v) is 5.00. The smallest absolute Gasteiger partial charge is 0.387 e. The van der Waals surface area contributed by atoms with Gasteiger partial charge in [-0.2, -0.15) is 14.0 Å². The molecule has 7 heteroatoms. The number of ether oxygens (including phenoxy) is 2. The van der Waals surface area contributed by atoms with Gasteiger partial charge in [0.2, 0.25) is 0 Å². The molecule has 2 unspecified atom stereocenters. The lowest BCUT2D eigenvalue weighted by Crippen LogP contribution is -2.35. The number of nitrogens with one attached hydrogen (secondary N) is 1. The highest BCUT2D eigenvalue weighted by Gasteiger charge is 2.36. The largest absolute Gasteiger partial charge is 0.435 e. The van der Waals surface area contributed by atoms with Crippen molar-refractivity contribution in [1.29, 1.82) is 5.26 Å². The van der Waals surface area contributed by atoms with Crippen molar-refractivity contribution in [2.24, 2.45) is 5.92 Å². The van der Waals surface area contributed by atoms with Gasteiger partial charge in [0.15, 0.2) is 0 Å². The average Bonchev–Trinajstić information content (AvgIpc) is 3.47. The molecular weight excluding hydrogens is 340 g/mol. The standard InChI is InChI=1S/C19H19F2N3O2/c20-19(21)26-14-3-4-16-15(8-14)18(12(9-22)10-23-16)24-13-5-6-25-17(7-13)11-1-2-11/h3-4,8,10-11,13,17,19H,1-2,5-7H2,(H,23,24). The maximum absolute atomic E-state index is 12.5. The van der Waals surface area contributed by atoms with Crippen LogP contribution in [-0.4, -0.2) is 30.3 Å². The van der Waals surface area contributed by atoms with Gasteiger partial charge in [-0.25, -0.2) is 0 Å². The minimum atomic E-state index is -2.90. The van der Waals surface area contributed by atoms with Gasteiger partial charge in [0.25, 0.3) is 0 Å². The van der Waals surface area contributed by atoms with Crippen molar-refractivity contribution in [2.75, 3.05) is 11.9 Å². The van der Waals surface area contributed by atoms with E-state index < -0.39 is 6.61 Å². The lowest BCUT2D eigenvalue weighted by Gasteiger charge is -2.31. The molecule has 0 amide bonds. The van der Waals surface area contributed by atoms with Crippen LogP contribution >= 0.6 is 0 Å². The molecule has 2 aliphatic rings. The molecule has 0 radical (unpaired) electrons. The van der Waals surface area contributed by atoms with E-state index in [1.807, 2.05) is 0 Å². The van der Waals surface area contributed by atoms with E-state index in [1.165, 1.54) is 31.2 Å². The topological polar surface area (TPSA) is 67.2 Å². The number of rotatable bonds is 5. The summed E-state index contributed by atoms with van der Waals surface area (Å²) in [7, 11) is 0. The Morgan fingerprint density at radius 2 is 2.15 bits per heavy atom. The van der Waals surface area contributed by atoms with Crippen LogP contribution in [0.25, 0.3) is 10.9 Å². The first-order chi connectivity index (χ1) is 12.6. The number of aromatic nitrogens is 1. The monoisotopic (exact) mass is 359 g/mol. The quantitative estimate of drug-likeness (QED) is 0.871. The lowest BCUT2D eigenvalue weighted by molar-refractivity contribution is -0.0497. The van der Waals surface area contributed by atoms with Crippen LogP contribution in [0.1, 0.15) is 31.2 Å². The van der Waals surface area contributed by atoms with Crippen LogP contribution in [0.5, 0.6) is 5.75 Å². The molecule has 5 nitrogen and oxygen atoms in total. The number of pyridine rings is 1. The van der Waals surface area contributed by atoms with E-state index in [2.05, 4.69) is 21.1 Å². The molecule has 0 bridgehead atoms. The van der Waals surface area contributed by atoms with E-state index in [0.717, 1.165) is 12.8 Å². The van der Waals surface area contributed by atoms with Crippen molar-refractivity contribution in [3.05, 3.63) is 30.0 Å². The van der Waals surface area contributed by atoms with Crippen LogP contribution in [0, 0.1) is 17.2 Å². The molecule has 1 aliphatic heterocycles. The molecule has 2 atom stereocenters.